The topological polar surface area (TPSA) is 79.0 Å². The second-order valence-corrected chi connectivity index (χ2v) is 7.55. The van der Waals surface area contributed by atoms with E-state index in [0.717, 1.165) is 31.9 Å². The van der Waals surface area contributed by atoms with Gasteiger partial charge in [-0.15, -0.1) is 0 Å². The number of nitrogens with zero attached hydrogens (tertiary/aromatic N) is 2. The summed E-state index contributed by atoms with van der Waals surface area (Å²) in [4.78, 5) is 16.2. The molecule has 1 aromatic rings. The summed E-state index contributed by atoms with van der Waals surface area (Å²) in [6.07, 6.45) is -0.219. The Morgan fingerprint density at radius 2 is 1.83 bits per heavy atom. The minimum Gasteiger partial charge on any atom is -0.506 e. The second kappa shape index (κ2) is 5.51. The summed E-state index contributed by atoms with van der Waals surface area (Å²) < 4.78 is 5.45. The Morgan fingerprint density at radius 1 is 1.22 bits per heavy atom. The molecule has 2 heterocycles. The van der Waals surface area contributed by atoms with Crippen LogP contribution in [0.5, 0.6) is 5.75 Å². The molecule has 1 aromatic carbocycles. The van der Waals surface area contributed by atoms with E-state index in [0.29, 0.717) is 17.5 Å². The van der Waals surface area contributed by atoms with Gasteiger partial charge >= 0.3 is 6.09 Å². The predicted octanol–water partition coefficient (Wildman–Crippen LogP) is 2.28. The molecule has 0 aliphatic carbocycles. The standard InChI is InChI=1S/C17H25N3O3/c1-17(2,3)23-16(22)20-9-11-7-19(8-12(11)10-20)13-4-5-14(18)15(21)6-13/h4-6,11-12,21H,7-10,18H2,1-3H3/t11-,12+. The monoisotopic (exact) mass is 319 g/mol. The zero-order valence-electron chi connectivity index (χ0n) is 14.0. The fourth-order valence-electron chi connectivity index (χ4n) is 3.41. The zero-order valence-corrected chi connectivity index (χ0v) is 14.0. The molecule has 0 aromatic heterocycles. The van der Waals surface area contributed by atoms with Gasteiger partial charge in [-0.2, -0.15) is 0 Å². The van der Waals surface area contributed by atoms with Gasteiger partial charge in [-0.25, -0.2) is 4.79 Å². The van der Waals surface area contributed by atoms with Crippen molar-refractivity contribution in [2.45, 2.75) is 26.4 Å². The maximum Gasteiger partial charge on any atom is 0.410 e. The van der Waals surface area contributed by atoms with Crippen molar-refractivity contribution < 1.29 is 14.6 Å². The lowest BCUT2D eigenvalue weighted by Gasteiger charge is -2.26. The van der Waals surface area contributed by atoms with Crippen molar-refractivity contribution in [3.63, 3.8) is 0 Å². The van der Waals surface area contributed by atoms with Crippen LogP contribution in [-0.4, -0.2) is 47.9 Å². The van der Waals surface area contributed by atoms with Crippen molar-refractivity contribution in [2.24, 2.45) is 11.8 Å². The van der Waals surface area contributed by atoms with Gasteiger partial charge in [0.15, 0.2) is 0 Å². The highest BCUT2D eigenvalue weighted by Crippen LogP contribution is 2.36. The zero-order chi connectivity index (χ0) is 16.8. The lowest BCUT2D eigenvalue weighted by molar-refractivity contribution is 0.0282. The molecule has 0 radical (unpaired) electrons. The van der Waals surface area contributed by atoms with E-state index in [2.05, 4.69) is 4.90 Å². The van der Waals surface area contributed by atoms with Crippen LogP contribution in [-0.2, 0) is 4.74 Å². The van der Waals surface area contributed by atoms with Crippen LogP contribution in [0.1, 0.15) is 20.8 Å². The molecular formula is C17H25N3O3. The van der Waals surface area contributed by atoms with Crippen molar-refractivity contribution >= 4 is 17.5 Å². The van der Waals surface area contributed by atoms with Gasteiger partial charge in [0.1, 0.15) is 11.4 Å². The third-order valence-electron chi connectivity index (χ3n) is 4.52. The number of ether oxygens (including phenoxy) is 1. The van der Waals surface area contributed by atoms with Crippen LogP contribution in [0, 0.1) is 11.8 Å². The molecule has 3 N–H and O–H groups in total. The Hall–Kier alpha value is -2.11. The molecule has 2 saturated heterocycles. The van der Waals surface area contributed by atoms with Crippen molar-refractivity contribution in [2.75, 3.05) is 36.8 Å². The first-order valence-electron chi connectivity index (χ1n) is 8.04. The molecule has 0 saturated carbocycles. The van der Waals surface area contributed by atoms with E-state index in [4.69, 9.17) is 10.5 Å². The van der Waals surface area contributed by atoms with Crippen LogP contribution in [0.2, 0.25) is 0 Å². The first-order valence-corrected chi connectivity index (χ1v) is 8.04. The molecule has 23 heavy (non-hydrogen) atoms. The van der Waals surface area contributed by atoms with Gasteiger partial charge in [-0.3, -0.25) is 0 Å². The Morgan fingerprint density at radius 3 is 2.35 bits per heavy atom. The van der Waals surface area contributed by atoms with Crippen LogP contribution in [0.3, 0.4) is 0 Å². The number of nitrogen functional groups attached to an aromatic ring is 1. The van der Waals surface area contributed by atoms with E-state index in [-0.39, 0.29) is 11.8 Å². The summed E-state index contributed by atoms with van der Waals surface area (Å²) in [5, 5.41) is 9.77. The van der Waals surface area contributed by atoms with Gasteiger partial charge in [0.2, 0.25) is 0 Å². The van der Waals surface area contributed by atoms with Crippen LogP contribution in [0.4, 0.5) is 16.2 Å². The SMILES string of the molecule is CC(C)(C)OC(=O)N1C[C@@H]2CN(c3ccc(N)c(O)c3)C[C@@H]2C1. The summed E-state index contributed by atoms with van der Waals surface area (Å²) in [6.45, 7) is 8.89. The number of benzene rings is 1. The normalized spacial score (nSPS) is 24.0. The smallest absolute Gasteiger partial charge is 0.410 e. The molecule has 126 valence electrons. The Bertz CT molecular complexity index is 598. The number of phenols is 1. The second-order valence-electron chi connectivity index (χ2n) is 7.55. The third-order valence-corrected chi connectivity index (χ3v) is 4.52. The van der Waals surface area contributed by atoms with Gasteiger partial charge < -0.3 is 25.4 Å². The van der Waals surface area contributed by atoms with E-state index >= 15 is 0 Å². The highest BCUT2D eigenvalue weighted by Gasteiger charge is 2.42. The van der Waals surface area contributed by atoms with Gasteiger partial charge in [0.25, 0.3) is 0 Å². The number of rotatable bonds is 1. The Labute approximate surface area is 136 Å². The van der Waals surface area contributed by atoms with Crippen LogP contribution in [0.15, 0.2) is 18.2 Å². The van der Waals surface area contributed by atoms with Crippen LogP contribution >= 0.6 is 0 Å². The third kappa shape index (κ3) is 3.30. The maximum absolute atomic E-state index is 12.2. The fourth-order valence-corrected chi connectivity index (χ4v) is 3.41. The predicted molar refractivity (Wildman–Crippen MR) is 89.5 cm³/mol. The fraction of sp³-hybridized carbons (Fsp3) is 0.588. The molecule has 0 unspecified atom stereocenters. The number of nitrogens with two attached hydrogens (primary N) is 1. The highest BCUT2D eigenvalue weighted by atomic mass is 16.6. The number of hydrogen-bond acceptors (Lipinski definition) is 5. The molecule has 0 bridgehead atoms. The lowest BCUT2D eigenvalue weighted by atomic mass is 10.0. The minimum atomic E-state index is -0.456. The number of anilines is 2. The lowest BCUT2D eigenvalue weighted by Crippen LogP contribution is -2.37. The van der Waals surface area contributed by atoms with Gasteiger partial charge in [-0.05, 0) is 32.9 Å². The number of amides is 1. The van der Waals surface area contributed by atoms with Crippen molar-refractivity contribution in [1.82, 2.24) is 4.90 Å². The number of phenolic OH excluding ortho intramolecular Hbond substituents is 1. The van der Waals surface area contributed by atoms with Crippen LogP contribution < -0.4 is 10.6 Å². The maximum atomic E-state index is 12.2. The molecule has 6 heteroatoms. The van der Waals surface area contributed by atoms with Gasteiger partial charge in [0, 0.05) is 49.8 Å². The first kappa shape index (κ1) is 15.8. The summed E-state index contributed by atoms with van der Waals surface area (Å²) in [6, 6.07) is 5.37. The number of hydrogen-bond donors (Lipinski definition) is 2. The summed E-state index contributed by atoms with van der Waals surface area (Å²) >= 11 is 0. The van der Waals surface area contributed by atoms with E-state index < -0.39 is 5.60 Å². The van der Waals surface area contributed by atoms with E-state index in [1.807, 2.05) is 31.7 Å². The molecule has 1 amide bonds. The summed E-state index contributed by atoms with van der Waals surface area (Å²) in [5.74, 6) is 1.01. The molecule has 2 atom stereocenters. The number of carbonyl (C=O) groups excluding carboxylic acids is 1. The Kier molecular flexibility index (Phi) is 3.78. The average Bonchev–Trinajstić information content (AvgIpc) is 2.98. The molecular weight excluding hydrogens is 294 g/mol. The molecule has 2 aliphatic heterocycles. The molecule has 6 nitrogen and oxygen atoms in total. The van der Waals surface area contributed by atoms with E-state index in [1.54, 1.807) is 12.1 Å². The van der Waals surface area contributed by atoms with Gasteiger partial charge in [0.05, 0.1) is 5.69 Å². The summed E-state index contributed by atoms with van der Waals surface area (Å²) in [5.41, 5.74) is 6.57. The Balaban J connectivity index is 1.61. The van der Waals surface area contributed by atoms with Gasteiger partial charge in [-0.1, -0.05) is 0 Å². The number of fused-ring (bicyclic) bond motifs is 1. The molecule has 2 fully saturated rings. The molecule has 3 rings (SSSR count). The van der Waals surface area contributed by atoms with Crippen molar-refractivity contribution in [1.29, 1.82) is 0 Å². The van der Waals surface area contributed by atoms with Crippen molar-refractivity contribution in [3.8, 4) is 5.75 Å². The van der Waals surface area contributed by atoms with E-state index in [9.17, 15) is 9.90 Å². The highest BCUT2D eigenvalue weighted by molar-refractivity contribution is 5.69. The number of likely N-dealkylation sites (tertiary alicyclic amines) is 1. The number of aromatic hydroxyl groups is 1. The summed E-state index contributed by atoms with van der Waals surface area (Å²) in [7, 11) is 0. The minimum absolute atomic E-state index is 0.120. The van der Waals surface area contributed by atoms with E-state index in [1.165, 1.54) is 0 Å². The number of carbonyl (C=O) groups is 1. The average molecular weight is 319 g/mol. The quantitative estimate of drug-likeness (QED) is 0.613. The molecule has 2 aliphatic rings. The molecule has 0 spiro atoms. The van der Waals surface area contributed by atoms with Crippen LogP contribution in [0.25, 0.3) is 0 Å². The first-order chi connectivity index (χ1) is 10.7. The largest absolute Gasteiger partial charge is 0.506 e. The van der Waals surface area contributed by atoms with Crippen molar-refractivity contribution in [3.05, 3.63) is 18.2 Å².